The van der Waals surface area contributed by atoms with Crippen molar-refractivity contribution < 1.29 is 32.3 Å². The molecule has 4 N–H and O–H groups in total. The number of hydrogen-bond donors (Lipinski definition) is 4. The van der Waals surface area contributed by atoms with Gasteiger partial charge in [-0.05, 0) is 52.2 Å². The zero-order chi connectivity index (χ0) is 23.5. The summed E-state index contributed by atoms with van der Waals surface area (Å²) >= 11 is 0. The number of benzene rings is 1. The van der Waals surface area contributed by atoms with E-state index < -0.39 is 39.9 Å². The molecular formula is C19H30N4O7S. The molecule has 0 bridgehead atoms. The van der Waals surface area contributed by atoms with Crippen LogP contribution in [0.5, 0.6) is 0 Å². The molecular weight excluding hydrogens is 428 g/mol. The summed E-state index contributed by atoms with van der Waals surface area (Å²) in [6, 6.07) is 7.25. The predicted molar refractivity (Wildman–Crippen MR) is 115 cm³/mol. The Morgan fingerprint density at radius 3 is 2.29 bits per heavy atom. The molecule has 11 nitrogen and oxygen atoms in total. The number of ether oxygens (including phenoxy) is 2. The fourth-order valence-electron chi connectivity index (χ4n) is 2.36. The highest BCUT2D eigenvalue weighted by Gasteiger charge is 2.22. The molecule has 1 aromatic carbocycles. The Labute approximate surface area is 182 Å². The SMILES string of the molecule is COC(=O)C(CCCCNS(=O)(=O)NC(=O)OC(C)(C)C)NC(=O)Nc1ccccc1. The van der Waals surface area contributed by atoms with Gasteiger partial charge >= 0.3 is 28.3 Å². The van der Waals surface area contributed by atoms with Gasteiger partial charge in [-0.15, -0.1) is 0 Å². The third-order valence-electron chi connectivity index (χ3n) is 3.65. The van der Waals surface area contributed by atoms with Crippen LogP contribution < -0.4 is 20.1 Å². The summed E-state index contributed by atoms with van der Waals surface area (Å²) in [5.41, 5.74) is -0.266. The maximum absolute atomic E-state index is 12.1. The van der Waals surface area contributed by atoms with Crippen molar-refractivity contribution in [1.82, 2.24) is 14.8 Å². The van der Waals surface area contributed by atoms with E-state index in [-0.39, 0.29) is 13.0 Å². The number of urea groups is 1. The van der Waals surface area contributed by atoms with E-state index in [0.29, 0.717) is 18.5 Å². The maximum Gasteiger partial charge on any atom is 0.422 e. The van der Waals surface area contributed by atoms with E-state index >= 15 is 0 Å². The quantitative estimate of drug-likeness (QED) is 0.308. The number of carbonyl (C=O) groups excluding carboxylic acids is 3. The molecule has 0 heterocycles. The monoisotopic (exact) mass is 458 g/mol. The summed E-state index contributed by atoms with van der Waals surface area (Å²) in [4.78, 5) is 35.6. The highest BCUT2D eigenvalue weighted by atomic mass is 32.2. The fraction of sp³-hybridized carbons (Fsp3) is 0.526. The van der Waals surface area contributed by atoms with Crippen molar-refractivity contribution >= 4 is 34.0 Å². The first kappa shape index (κ1) is 26.2. The number of rotatable bonds is 10. The van der Waals surface area contributed by atoms with Crippen LogP contribution in [0.1, 0.15) is 40.0 Å². The number of carbonyl (C=O) groups is 3. The van der Waals surface area contributed by atoms with Crippen LogP contribution in [0.15, 0.2) is 30.3 Å². The van der Waals surface area contributed by atoms with E-state index in [9.17, 15) is 22.8 Å². The minimum absolute atomic E-state index is 0.0161. The standard InChI is InChI=1S/C19H30N4O7S/c1-19(2,3)30-18(26)23-31(27,28)20-13-9-8-12-15(16(24)29-4)22-17(25)21-14-10-6-5-7-11-14/h5-7,10-11,15,20H,8-9,12-13H2,1-4H3,(H,23,26)(H2,21,22,25). The second-order valence-electron chi connectivity index (χ2n) is 7.54. The molecule has 0 fully saturated rings. The average molecular weight is 459 g/mol. The normalized spacial score (nSPS) is 12.4. The first-order valence-corrected chi connectivity index (χ1v) is 11.1. The number of unbranched alkanes of at least 4 members (excludes halogenated alkanes) is 1. The van der Waals surface area contributed by atoms with Gasteiger partial charge in [0.05, 0.1) is 7.11 Å². The van der Waals surface area contributed by atoms with Crippen molar-refractivity contribution in [2.75, 3.05) is 19.0 Å². The lowest BCUT2D eigenvalue weighted by Gasteiger charge is -2.19. The zero-order valence-corrected chi connectivity index (χ0v) is 18.9. The van der Waals surface area contributed by atoms with Crippen LogP contribution in [0.25, 0.3) is 0 Å². The lowest BCUT2D eigenvalue weighted by Crippen LogP contribution is -2.44. The number of esters is 1. The molecule has 0 aliphatic heterocycles. The number of para-hydroxylation sites is 1. The van der Waals surface area contributed by atoms with Crippen LogP contribution in [0.4, 0.5) is 15.3 Å². The van der Waals surface area contributed by atoms with E-state index in [4.69, 9.17) is 9.47 Å². The molecule has 0 aromatic heterocycles. The summed E-state index contributed by atoms with van der Waals surface area (Å²) in [6.45, 7) is 4.84. The van der Waals surface area contributed by atoms with E-state index in [1.807, 2.05) is 0 Å². The van der Waals surface area contributed by atoms with Gasteiger partial charge in [0.1, 0.15) is 11.6 Å². The second-order valence-corrected chi connectivity index (χ2v) is 9.04. The number of amides is 3. The molecule has 0 aliphatic carbocycles. The van der Waals surface area contributed by atoms with E-state index in [0.717, 1.165) is 0 Å². The lowest BCUT2D eigenvalue weighted by atomic mass is 10.1. The van der Waals surface area contributed by atoms with Crippen LogP contribution >= 0.6 is 0 Å². The smallest absolute Gasteiger partial charge is 0.422 e. The Morgan fingerprint density at radius 1 is 1.06 bits per heavy atom. The molecule has 3 amide bonds. The molecule has 1 rings (SSSR count). The van der Waals surface area contributed by atoms with Gasteiger partial charge in [0, 0.05) is 12.2 Å². The number of nitrogens with one attached hydrogen (secondary N) is 4. The molecule has 0 radical (unpaired) electrons. The largest absolute Gasteiger partial charge is 0.467 e. The predicted octanol–water partition coefficient (Wildman–Crippen LogP) is 1.88. The summed E-state index contributed by atoms with van der Waals surface area (Å²) in [5.74, 6) is -0.615. The Morgan fingerprint density at radius 2 is 1.71 bits per heavy atom. The summed E-state index contributed by atoms with van der Waals surface area (Å²) in [5, 5.41) is 5.14. The first-order chi connectivity index (χ1) is 14.4. The first-order valence-electron chi connectivity index (χ1n) is 9.62. The van der Waals surface area contributed by atoms with Crippen molar-refractivity contribution in [2.24, 2.45) is 0 Å². The molecule has 0 saturated heterocycles. The molecule has 0 saturated carbocycles. The molecule has 1 aromatic rings. The van der Waals surface area contributed by atoms with E-state index in [1.54, 1.807) is 55.8 Å². The minimum Gasteiger partial charge on any atom is -0.467 e. The van der Waals surface area contributed by atoms with Gasteiger partial charge in [0.2, 0.25) is 0 Å². The average Bonchev–Trinajstić information content (AvgIpc) is 2.64. The molecule has 12 heteroatoms. The molecule has 31 heavy (non-hydrogen) atoms. The van der Waals surface area contributed by atoms with Gasteiger partial charge in [-0.1, -0.05) is 18.2 Å². The fourth-order valence-corrected chi connectivity index (χ4v) is 3.11. The third kappa shape index (κ3) is 11.8. The van der Waals surface area contributed by atoms with Gasteiger partial charge < -0.3 is 20.1 Å². The van der Waals surface area contributed by atoms with Crippen LogP contribution in [-0.4, -0.2) is 51.8 Å². The van der Waals surface area contributed by atoms with Gasteiger partial charge in [-0.25, -0.2) is 19.1 Å². The van der Waals surface area contributed by atoms with Crippen molar-refractivity contribution in [3.8, 4) is 0 Å². The van der Waals surface area contributed by atoms with Gasteiger partial charge in [-0.2, -0.15) is 13.1 Å². The van der Waals surface area contributed by atoms with Crippen molar-refractivity contribution in [3.63, 3.8) is 0 Å². The Balaban J connectivity index is 2.42. The Kier molecular flexibility index (Phi) is 10.2. The highest BCUT2D eigenvalue weighted by molar-refractivity contribution is 7.88. The van der Waals surface area contributed by atoms with Gasteiger partial charge in [0.25, 0.3) is 0 Å². The van der Waals surface area contributed by atoms with Crippen LogP contribution in [0.3, 0.4) is 0 Å². The van der Waals surface area contributed by atoms with Crippen LogP contribution in [0.2, 0.25) is 0 Å². The lowest BCUT2D eigenvalue weighted by molar-refractivity contribution is -0.143. The zero-order valence-electron chi connectivity index (χ0n) is 18.1. The minimum atomic E-state index is -4.07. The van der Waals surface area contributed by atoms with Crippen LogP contribution in [0, 0.1) is 0 Å². The molecule has 174 valence electrons. The number of anilines is 1. The molecule has 1 unspecified atom stereocenters. The highest BCUT2D eigenvalue weighted by Crippen LogP contribution is 2.08. The van der Waals surface area contributed by atoms with Crippen molar-refractivity contribution in [3.05, 3.63) is 30.3 Å². The number of hydrogen-bond acceptors (Lipinski definition) is 7. The van der Waals surface area contributed by atoms with E-state index in [1.165, 1.54) is 7.11 Å². The molecule has 0 spiro atoms. The molecule has 1 atom stereocenters. The van der Waals surface area contributed by atoms with Gasteiger partial charge in [-0.3, -0.25) is 0 Å². The molecule has 0 aliphatic rings. The second kappa shape index (κ2) is 12.1. The topological polar surface area (TPSA) is 152 Å². The maximum atomic E-state index is 12.1. The Hall–Kier alpha value is -2.86. The number of methoxy groups -OCH3 is 1. The summed E-state index contributed by atoms with van der Waals surface area (Å²) in [7, 11) is -2.86. The van der Waals surface area contributed by atoms with Crippen molar-refractivity contribution in [2.45, 2.75) is 51.7 Å². The summed E-state index contributed by atoms with van der Waals surface area (Å²) in [6.07, 6.45) is -0.0966. The van der Waals surface area contributed by atoms with Gasteiger partial charge in [0.15, 0.2) is 0 Å². The van der Waals surface area contributed by atoms with Crippen molar-refractivity contribution in [1.29, 1.82) is 0 Å². The Bertz CT molecular complexity index is 839. The third-order valence-corrected chi connectivity index (χ3v) is 4.67. The van der Waals surface area contributed by atoms with Crippen LogP contribution in [-0.2, 0) is 24.5 Å². The van der Waals surface area contributed by atoms with E-state index in [2.05, 4.69) is 15.4 Å². The summed E-state index contributed by atoms with van der Waals surface area (Å²) < 4.78 is 37.2.